The van der Waals surface area contributed by atoms with Crippen LogP contribution in [0.25, 0.3) is 38.9 Å². The van der Waals surface area contributed by atoms with Crippen LogP contribution in [0.5, 0.6) is 0 Å². The maximum Gasteiger partial charge on any atom is 0.231 e. The van der Waals surface area contributed by atoms with Gasteiger partial charge in [0.25, 0.3) is 0 Å². The first-order valence-electron chi connectivity index (χ1n) is 16.5. The molecule has 0 spiro atoms. The highest BCUT2D eigenvalue weighted by atomic mass is 15.3. The number of nitrogens with zero attached hydrogens (tertiary/aromatic N) is 4. The molecule has 10 rings (SSSR count). The van der Waals surface area contributed by atoms with Gasteiger partial charge in [0.2, 0.25) is 5.95 Å². The third-order valence-corrected chi connectivity index (χ3v) is 9.99. The van der Waals surface area contributed by atoms with Gasteiger partial charge in [0, 0.05) is 33.5 Å². The number of anilines is 4. The van der Waals surface area contributed by atoms with E-state index in [0.29, 0.717) is 5.95 Å². The van der Waals surface area contributed by atoms with E-state index in [1.165, 1.54) is 44.5 Å². The van der Waals surface area contributed by atoms with E-state index in [2.05, 4.69) is 168 Å². The minimum absolute atomic E-state index is 0.0295. The zero-order valence-electron chi connectivity index (χ0n) is 26.1. The number of para-hydroxylation sites is 2. The fraction of sp³-hybridized carbons (Fsp3) is 0.0455. The van der Waals surface area contributed by atoms with E-state index in [-0.39, 0.29) is 12.0 Å². The van der Waals surface area contributed by atoms with E-state index in [1.54, 1.807) is 0 Å². The van der Waals surface area contributed by atoms with Crippen LogP contribution in [0.3, 0.4) is 0 Å². The van der Waals surface area contributed by atoms with Gasteiger partial charge in [-0.05, 0) is 46.9 Å². The van der Waals surface area contributed by atoms with Gasteiger partial charge in [-0.25, -0.2) is 9.97 Å². The van der Waals surface area contributed by atoms with Crippen molar-refractivity contribution in [3.8, 4) is 22.5 Å². The molecule has 0 saturated carbocycles. The summed E-state index contributed by atoms with van der Waals surface area (Å²) in [6, 6.07) is 55.9. The first-order chi connectivity index (χ1) is 23.8. The van der Waals surface area contributed by atoms with Gasteiger partial charge in [0.1, 0.15) is 0 Å². The summed E-state index contributed by atoms with van der Waals surface area (Å²) in [5.41, 5.74) is 12.6. The molecule has 226 valence electrons. The summed E-state index contributed by atoms with van der Waals surface area (Å²) in [6.07, 6.45) is 4.67. The van der Waals surface area contributed by atoms with Gasteiger partial charge >= 0.3 is 0 Å². The minimum Gasteiger partial charge on any atom is -0.313 e. The molecule has 1 aromatic heterocycles. The van der Waals surface area contributed by atoms with Crippen LogP contribution in [-0.2, 0) is 0 Å². The summed E-state index contributed by atoms with van der Waals surface area (Å²) in [6.45, 7) is 0. The second kappa shape index (κ2) is 10.6. The molecule has 0 N–H and O–H groups in total. The van der Waals surface area contributed by atoms with Gasteiger partial charge in [-0.2, -0.15) is 0 Å². The largest absolute Gasteiger partial charge is 0.313 e. The minimum atomic E-state index is -0.0295. The van der Waals surface area contributed by atoms with Gasteiger partial charge in [-0.15, -0.1) is 0 Å². The third kappa shape index (κ3) is 4.02. The predicted molar refractivity (Wildman–Crippen MR) is 197 cm³/mol. The lowest BCUT2D eigenvalue weighted by atomic mass is 9.82. The van der Waals surface area contributed by atoms with Gasteiger partial charge in [0.15, 0.2) is 0 Å². The number of rotatable bonds is 4. The van der Waals surface area contributed by atoms with Crippen molar-refractivity contribution >= 4 is 39.4 Å². The summed E-state index contributed by atoms with van der Waals surface area (Å²) < 4.78 is 0. The van der Waals surface area contributed by atoms with Crippen molar-refractivity contribution < 1.29 is 0 Å². The molecule has 4 heteroatoms. The fourth-order valence-corrected chi connectivity index (χ4v) is 7.93. The summed E-state index contributed by atoms with van der Waals surface area (Å²) in [5, 5.41) is 2.47. The summed E-state index contributed by atoms with van der Waals surface area (Å²) in [4.78, 5) is 15.6. The average molecular weight is 615 g/mol. The zero-order chi connectivity index (χ0) is 31.6. The Morgan fingerprint density at radius 1 is 0.500 bits per heavy atom. The highest BCUT2D eigenvalue weighted by molar-refractivity contribution is 6.01. The van der Waals surface area contributed by atoms with Crippen LogP contribution in [-0.4, -0.2) is 16.0 Å². The van der Waals surface area contributed by atoms with E-state index in [0.717, 1.165) is 28.2 Å². The molecule has 48 heavy (non-hydrogen) atoms. The Hall–Kier alpha value is -6.26. The van der Waals surface area contributed by atoms with Crippen molar-refractivity contribution in [1.82, 2.24) is 9.97 Å². The lowest BCUT2D eigenvalue weighted by Crippen LogP contribution is -2.36. The van der Waals surface area contributed by atoms with Gasteiger partial charge in [-0.1, -0.05) is 140 Å². The molecule has 0 amide bonds. The highest BCUT2D eigenvalue weighted by Gasteiger charge is 2.49. The zero-order valence-corrected chi connectivity index (χ0v) is 26.1. The van der Waals surface area contributed by atoms with E-state index in [1.807, 2.05) is 12.1 Å². The van der Waals surface area contributed by atoms with Gasteiger partial charge < -0.3 is 9.80 Å². The molecular formula is C44H30N4. The fourth-order valence-electron chi connectivity index (χ4n) is 7.93. The van der Waals surface area contributed by atoms with E-state index >= 15 is 0 Å². The molecule has 2 atom stereocenters. The quantitative estimate of drug-likeness (QED) is 0.197. The van der Waals surface area contributed by atoms with Crippen LogP contribution >= 0.6 is 0 Å². The molecule has 4 nitrogen and oxygen atoms in total. The third-order valence-electron chi connectivity index (χ3n) is 9.99. The molecule has 0 fully saturated rings. The number of allylic oxidation sites excluding steroid dienone is 2. The van der Waals surface area contributed by atoms with Crippen molar-refractivity contribution in [3.05, 3.63) is 187 Å². The van der Waals surface area contributed by atoms with Crippen LogP contribution in [0.1, 0.15) is 17.0 Å². The first kappa shape index (κ1) is 26.9. The number of hydrogen-bond donors (Lipinski definition) is 0. The van der Waals surface area contributed by atoms with E-state index in [9.17, 15) is 0 Å². The highest BCUT2D eigenvalue weighted by Crippen LogP contribution is 2.59. The molecule has 0 radical (unpaired) electrons. The number of hydrogen-bond acceptors (Lipinski definition) is 4. The lowest BCUT2D eigenvalue weighted by molar-refractivity contribution is 0.692. The Balaban J connectivity index is 1.20. The monoisotopic (exact) mass is 614 g/mol. The Morgan fingerprint density at radius 2 is 1.10 bits per heavy atom. The standard InChI is InChI=1S/C44H30N4/c1-3-15-30(16-4-1)36-28-37(31-17-5-2-6-18-31)46-44(45-36)48-39-23-11-9-21-33(39)34-26-27-41-42(43(34)48)35-22-10-12-24-40(35)47(41)38-25-13-19-29-14-7-8-20-32(29)38/h1-28,42-43H. The second-order valence-corrected chi connectivity index (χ2v) is 12.6. The average Bonchev–Trinajstić information content (AvgIpc) is 3.68. The molecular weight excluding hydrogens is 585 g/mol. The van der Waals surface area contributed by atoms with Crippen molar-refractivity contribution in [2.24, 2.45) is 0 Å². The smallest absolute Gasteiger partial charge is 0.231 e. The summed E-state index contributed by atoms with van der Waals surface area (Å²) in [5.74, 6) is 0.773. The molecule has 7 aromatic rings. The molecule has 2 unspecified atom stereocenters. The van der Waals surface area contributed by atoms with Crippen molar-refractivity contribution in [3.63, 3.8) is 0 Å². The maximum atomic E-state index is 5.34. The van der Waals surface area contributed by atoms with Crippen molar-refractivity contribution in [2.75, 3.05) is 9.80 Å². The van der Waals surface area contributed by atoms with Crippen molar-refractivity contribution in [1.29, 1.82) is 0 Å². The normalized spacial score (nSPS) is 17.3. The molecule has 2 aliphatic heterocycles. The Bertz CT molecular complexity index is 2370. The van der Waals surface area contributed by atoms with Crippen LogP contribution in [0.2, 0.25) is 0 Å². The maximum absolute atomic E-state index is 5.34. The summed E-state index contributed by atoms with van der Waals surface area (Å²) in [7, 11) is 0. The SMILES string of the molecule is C1=C2c3ccccc3N(c3nc(-c4ccccc4)cc(-c4ccccc4)n3)C2C2C(=C1)N(c1cccc3ccccc13)c1ccccc12. The second-order valence-electron chi connectivity index (χ2n) is 12.6. The Morgan fingerprint density at radius 3 is 1.88 bits per heavy atom. The molecule has 3 heterocycles. The van der Waals surface area contributed by atoms with E-state index < -0.39 is 0 Å². The van der Waals surface area contributed by atoms with Gasteiger partial charge in [0.05, 0.1) is 34.7 Å². The van der Waals surface area contributed by atoms with Crippen molar-refractivity contribution in [2.45, 2.75) is 12.0 Å². The van der Waals surface area contributed by atoms with Crippen LogP contribution in [0.4, 0.5) is 23.0 Å². The van der Waals surface area contributed by atoms with Crippen LogP contribution in [0, 0.1) is 0 Å². The lowest BCUT2D eigenvalue weighted by Gasteiger charge is -2.35. The number of benzene rings is 6. The van der Waals surface area contributed by atoms with E-state index in [4.69, 9.17) is 9.97 Å². The Kier molecular flexibility index (Phi) is 5.97. The van der Waals surface area contributed by atoms with Gasteiger partial charge in [-0.3, -0.25) is 0 Å². The van der Waals surface area contributed by atoms with Crippen LogP contribution < -0.4 is 9.80 Å². The number of fused-ring (bicyclic) bond motifs is 8. The molecule has 3 aliphatic rings. The summed E-state index contributed by atoms with van der Waals surface area (Å²) >= 11 is 0. The van der Waals surface area contributed by atoms with Crippen LogP contribution in [0.15, 0.2) is 176 Å². The molecule has 0 saturated heterocycles. The number of aromatic nitrogens is 2. The topological polar surface area (TPSA) is 32.3 Å². The predicted octanol–water partition coefficient (Wildman–Crippen LogP) is 10.7. The Labute approximate surface area is 279 Å². The molecule has 1 aliphatic carbocycles. The molecule has 6 aromatic carbocycles. The molecule has 0 bridgehead atoms. The first-order valence-corrected chi connectivity index (χ1v) is 16.5.